The Morgan fingerprint density at radius 2 is 2.00 bits per heavy atom. The summed E-state index contributed by atoms with van der Waals surface area (Å²) in [6, 6.07) is 3.91. The van der Waals surface area contributed by atoms with Gasteiger partial charge >= 0.3 is 5.69 Å². The quantitative estimate of drug-likeness (QED) is 0.770. The first kappa shape index (κ1) is 13.4. The zero-order chi connectivity index (χ0) is 13.6. The summed E-state index contributed by atoms with van der Waals surface area (Å²) in [7, 11) is 0. The number of H-pyrrole nitrogens is 2. The largest absolute Gasteiger partial charge is 0.374 e. The van der Waals surface area contributed by atoms with Crippen LogP contribution in [0.3, 0.4) is 0 Å². The number of hydrogen-bond donors (Lipinski definition) is 2. The van der Waals surface area contributed by atoms with Gasteiger partial charge in [-0.1, -0.05) is 31.9 Å². The number of imidazole rings is 1. The topological polar surface area (TPSA) is 57.9 Å². The van der Waals surface area contributed by atoms with Crippen LogP contribution in [0.2, 0.25) is 0 Å². The normalized spacial score (nSPS) is 25.0. The first-order chi connectivity index (χ1) is 9.04. The maximum atomic E-state index is 11.3. The zero-order valence-electron chi connectivity index (χ0n) is 10.4. The van der Waals surface area contributed by atoms with Gasteiger partial charge in [0.25, 0.3) is 0 Å². The van der Waals surface area contributed by atoms with Gasteiger partial charge in [-0.25, -0.2) is 4.79 Å². The van der Waals surface area contributed by atoms with Gasteiger partial charge in [-0.3, -0.25) is 0 Å². The molecule has 0 spiro atoms. The van der Waals surface area contributed by atoms with Crippen molar-refractivity contribution in [2.24, 2.45) is 0 Å². The monoisotopic (exact) mass is 388 g/mol. The fourth-order valence-electron chi connectivity index (χ4n) is 2.53. The lowest BCUT2D eigenvalue weighted by molar-refractivity contribution is 0.0556. The van der Waals surface area contributed by atoms with E-state index in [4.69, 9.17) is 4.74 Å². The van der Waals surface area contributed by atoms with Gasteiger partial charge in [0.15, 0.2) is 0 Å². The van der Waals surface area contributed by atoms with Crippen LogP contribution in [0.4, 0.5) is 0 Å². The second kappa shape index (κ2) is 5.07. The first-order valence-corrected chi connectivity index (χ1v) is 7.96. The van der Waals surface area contributed by atoms with E-state index in [1.807, 2.05) is 12.1 Å². The fourth-order valence-corrected chi connectivity index (χ4v) is 4.20. The molecule has 3 rings (SSSR count). The number of aromatic nitrogens is 2. The minimum atomic E-state index is -0.184. The van der Waals surface area contributed by atoms with Crippen molar-refractivity contribution < 1.29 is 4.74 Å². The van der Waals surface area contributed by atoms with Crippen LogP contribution in [0.1, 0.15) is 30.2 Å². The average molecular weight is 390 g/mol. The molecule has 2 aromatic rings. The number of fused-ring (bicyclic) bond motifs is 1. The van der Waals surface area contributed by atoms with Crippen molar-refractivity contribution in [3.63, 3.8) is 0 Å². The van der Waals surface area contributed by atoms with E-state index >= 15 is 0 Å². The Balaban J connectivity index is 1.99. The third-order valence-electron chi connectivity index (χ3n) is 3.52. The maximum Gasteiger partial charge on any atom is 0.323 e. The van der Waals surface area contributed by atoms with Gasteiger partial charge in [-0.05, 0) is 37.5 Å². The van der Waals surface area contributed by atoms with E-state index in [2.05, 4.69) is 48.8 Å². The molecule has 6 heteroatoms. The molecule has 1 fully saturated rings. The highest BCUT2D eigenvalue weighted by atomic mass is 79.9. The molecule has 1 saturated heterocycles. The molecule has 1 aliphatic heterocycles. The number of rotatable bonds is 2. The first-order valence-electron chi connectivity index (χ1n) is 6.25. The minimum absolute atomic E-state index is 0.120. The Kier molecular flexibility index (Phi) is 3.57. The van der Waals surface area contributed by atoms with E-state index in [9.17, 15) is 4.79 Å². The van der Waals surface area contributed by atoms with Crippen LogP contribution in [-0.2, 0) is 4.74 Å². The molecule has 2 heterocycles. The van der Waals surface area contributed by atoms with Crippen molar-refractivity contribution in [3.8, 4) is 0 Å². The Morgan fingerprint density at radius 3 is 2.63 bits per heavy atom. The predicted molar refractivity (Wildman–Crippen MR) is 81.9 cm³/mol. The van der Waals surface area contributed by atoms with Gasteiger partial charge in [0.1, 0.15) is 0 Å². The molecule has 0 amide bonds. The molecule has 0 aliphatic carbocycles. The lowest BCUT2D eigenvalue weighted by atomic mass is 10.0. The molecule has 1 aliphatic rings. The highest BCUT2D eigenvalue weighted by Gasteiger charge is 2.30. The summed E-state index contributed by atoms with van der Waals surface area (Å²) in [6.45, 7) is 2.10. The van der Waals surface area contributed by atoms with E-state index in [1.54, 1.807) is 0 Å². The van der Waals surface area contributed by atoms with Crippen molar-refractivity contribution in [1.82, 2.24) is 9.97 Å². The summed E-state index contributed by atoms with van der Waals surface area (Å²) in [6.07, 6.45) is 2.63. The van der Waals surface area contributed by atoms with E-state index in [1.165, 1.54) is 0 Å². The molecule has 2 N–H and O–H groups in total. The molecule has 3 atom stereocenters. The van der Waals surface area contributed by atoms with Gasteiger partial charge < -0.3 is 14.7 Å². The molecule has 1 aromatic heterocycles. The molecule has 1 aromatic carbocycles. The number of alkyl halides is 1. The zero-order valence-corrected chi connectivity index (χ0v) is 13.5. The van der Waals surface area contributed by atoms with Gasteiger partial charge in [0.2, 0.25) is 0 Å². The minimum Gasteiger partial charge on any atom is -0.374 e. The Morgan fingerprint density at radius 1 is 1.32 bits per heavy atom. The smallest absolute Gasteiger partial charge is 0.323 e. The number of aromatic amines is 2. The SMILES string of the molecule is CC1CCC(C(Br)c2cc3[nH]c(=O)[nH]c3cc2Br)O1. The summed E-state index contributed by atoms with van der Waals surface area (Å²) in [5.74, 6) is 0. The highest BCUT2D eigenvalue weighted by molar-refractivity contribution is 9.11. The van der Waals surface area contributed by atoms with Crippen molar-refractivity contribution in [3.05, 3.63) is 32.7 Å². The van der Waals surface area contributed by atoms with Crippen molar-refractivity contribution in [1.29, 1.82) is 0 Å². The standard InChI is InChI=1S/C13H14Br2N2O2/c1-6-2-3-11(19-6)12(15)7-4-9-10(5-8(7)14)17-13(18)16-9/h4-6,11-12H,2-3H2,1H3,(H2,16,17,18). The number of halogens is 2. The summed E-state index contributed by atoms with van der Waals surface area (Å²) in [4.78, 5) is 17.0. The van der Waals surface area contributed by atoms with Gasteiger partial charge in [-0.15, -0.1) is 0 Å². The van der Waals surface area contributed by atoms with Gasteiger partial charge in [0, 0.05) is 4.47 Å². The maximum absolute atomic E-state index is 11.3. The Hall–Kier alpha value is -0.590. The third-order valence-corrected chi connectivity index (χ3v) is 5.29. The number of benzene rings is 1. The molecule has 102 valence electrons. The van der Waals surface area contributed by atoms with E-state index in [-0.39, 0.29) is 16.6 Å². The fraction of sp³-hybridized carbons (Fsp3) is 0.462. The van der Waals surface area contributed by atoms with Crippen molar-refractivity contribution >= 4 is 42.9 Å². The molecule has 19 heavy (non-hydrogen) atoms. The summed E-state index contributed by atoms with van der Waals surface area (Å²) in [5.41, 5.74) is 2.54. The van der Waals surface area contributed by atoms with E-state index < -0.39 is 0 Å². The van der Waals surface area contributed by atoms with Crippen molar-refractivity contribution in [2.45, 2.75) is 36.8 Å². The predicted octanol–water partition coefficient (Wildman–Crippen LogP) is 3.62. The molecular weight excluding hydrogens is 376 g/mol. The van der Waals surface area contributed by atoms with Crippen LogP contribution in [0.15, 0.2) is 21.4 Å². The van der Waals surface area contributed by atoms with Crippen LogP contribution in [0, 0.1) is 0 Å². The van der Waals surface area contributed by atoms with Crippen molar-refractivity contribution in [2.75, 3.05) is 0 Å². The second-order valence-corrected chi connectivity index (χ2v) is 6.80. The summed E-state index contributed by atoms with van der Waals surface area (Å²) in [5, 5.41) is 0. The molecule has 0 radical (unpaired) electrons. The Labute approximate surface area is 127 Å². The Bertz CT molecular complexity index is 664. The van der Waals surface area contributed by atoms with E-state index in [0.29, 0.717) is 6.10 Å². The van der Waals surface area contributed by atoms with Crippen LogP contribution in [0.5, 0.6) is 0 Å². The van der Waals surface area contributed by atoms with Gasteiger partial charge in [0.05, 0.1) is 28.1 Å². The third kappa shape index (κ3) is 2.53. The lowest BCUT2D eigenvalue weighted by Crippen LogP contribution is -2.14. The van der Waals surface area contributed by atoms with Crippen LogP contribution in [0.25, 0.3) is 11.0 Å². The lowest BCUT2D eigenvalue weighted by Gasteiger charge is -2.19. The summed E-state index contributed by atoms with van der Waals surface area (Å²) < 4.78 is 6.87. The molecular formula is C13H14Br2N2O2. The number of nitrogens with one attached hydrogen (secondary N) is 2. The summed E-state index contributed by atoms with van der Waals surface area (Å²) >= 11 is 7.29. The molecule has 4 nitrogen and oxygen atoms in total. The van der Waals surface area contributed by atoms with Crippen LogP contribution in [-0.4, -0.2) is 22.2 Å². The number of hydrogen-bond acceptors (Lipinski definition) is 2. The second-order valence-electron chi connectivity index (χ2n) is 4.96. The number of ether oxygens (including phenoxy) is 1. The van der Waals surface area contributed by atoms with E-state index in [0.717, 1.165) is 33.9 Å². The van der Waals surface area contributed by atoms with Crippen LogP contribution < -0.4 is 5.69 Å². The highest BCUT2D eigenvalue weighted by Crippen LogP contribution is 2.40. The molecule has 3 unspecified atom stereocenters. The average Bonchev–Trinajstić information content (AvgIpc) is 2.92. The molecule has 0 saturated carbocycles. The van der Waals surface area contributed by atoms with Gasteiger partial charge in [-0.2, -0.15) is 0 Å². The van der Waals surface area contributed by atoms with Crippen LogP contribution >= 0.6 is 31.9 Å². The molecule has 0 bridgehead atoms.